The standard InChI is InChI=1S/C27H29N5O10/c33-14-22(35)29-30-12-10-23(36)31-11-4-9-20(32(31)27(30)41)25(39)28-19(13-24(37)38)21(34)15-42-26(40)18-8-3-6-16-5-1-2-7-17(16)18/h1-3,5-8,19-20,33H,4,9-15H2,(H,28,39)(H,29,35)(H,37,38)/t19-,20-/m0/s1. The summed E-state index contributed by atoms with van der Waals surface area (Å²) in [4.78, 5) is 88.3. The number of Topliss-reactive ketones (excluding diaryl/α,β-unsaturated/α-hetero) is 1. The van der Waals surface area contributed by atoms with Crippen molar-refractivity contribution in [1.29, 1.82) is 0 Å². The number of hydrogen-bond acceptors (Lipinski definition) is 9. The second-order valence-corrected chi connectivity index (χ2v) is 9.62. The zero-order chi connectivity index (χ0) is 30.4. The normalized spacial score (nSPS) is 17.6. The lowest BCUT2D eigenvalue weighted by Crippen LogP contribution is -2.65. The number of carbonyl (C=O) groups is 7. The molecule has 2 aliphatic heterocycles. The molecule has 0 aliphatic carbocycles. The van der Waals surface area contributed by atoms with Crippen LogP contribution in [0.1, 0.15) is 36.0 Å². The van der Waals surface area contributed by atoms with E-state index in [1.54, 1.807) is 36.4 Å². The second-order valence-electron chi connectivity index (χ2n) is 9.62. The summed E-state index contributed by atoms with van der Waals surface area (Å²) in [5, 5.41) is 24.8. The Morgan fingerprint density at radius 3 is 2.50 bits per heavy atom. The molecule has 2 atom stereocenters. The van der Waals surface area contributed by atoms with Crippen LogP contribution < -0.4 is 10.7 Å². The Labute approximate surface area is 238 Å². The van der Waals surface area contributed by atoms with Crippen LogP contribution in [0.25, 0.3) is 10.8 Å². The van der Waals surface area contributed by atoms with Gasteiger partial charge in [-0.3, -0.25) is 29.4 Å². The van der Waals surface area contributed by atoms with Gasteiger partial charge in [-0.1, -0.05) is 36.4 Å². The van der Waals surface area contributed by atoms with Crippen LogP contribution in [0.4, 0.5) is 4.79 Å². The van der Waals surface area contributed by atoms with Crippen LogP contribution in [-0.2, 0) is 28.7 Å². The van der Waals surface area contributed by atoms with Gasteiger partial charge in [-0.05, 0) is 29.7 Å². The van der Waals surface area contributed by atoms with Crippen molar-refractivity contribution in [3.63, 3.8) is 0 Å². The lowest BCUT2D eigenvalue weighted by Gasteiger charge is -2.43. The number of hydrazine groups is 2. The molecule has 0 radical (unpaired) electrons. The Hall–Kier alpha value is -5.05. The highest BCUT2D eigenvalue weighted by molar-refractivity contribution is 6.05. The number of hydrogen-bond donors (Lipinski definition) is 4. The third kappa shape index (κ3) is 6.63. The maximum Gasteiger partial charge on any atom is 0.358 e. The Bertz CT molecular complexity index is 1420. The molecule has 0 saturated carbocycles. The number of carbonyl (C=O) groups excluding carboxylic acids is 6. The second kappa shape index (κ2) is 13.1. The number of aliphatic carboxylic acids is 1. The van der Waals surface area contributed by atoms with Crippen molar-refractivity contribution < 1.29 is 48.5 Å². The summed E-state index contributed by atoms with van der Waals surface area (Å²) in [5.74, 6) is -5.47. The van der Waals surface area contributed by atoms with Crippen LogP contribution in [0.5, 0.6) is 0 Å². The average molecular weight is 584 g/mol. The predicted octanol–water partition coefficient (Wildman–Crippen LogP) is -0.418. The number of amides is 5. The summed E-state index contributed by atoms with van der Waals surface area (Å²) in [5.41, 5.74) is 2.37. The van der Waals surface area contributed by atoms with Gasteiger partial charge >= 0.3 is 18.0 Å². The quantitative estimate of drug-likeness (QED) is 0.266. The van der Waals surface area contributed by atoms with Gasteiger partial charge in [-0.15, -0.1) is 0 Å². The van der Waals surface area contributed by atoms with E-state index in [4.69, 9.17) is 9.84 Å². The fraction of sp³-hybridized carbons (Fsp3) is 0.370. The van der Waals surface area contributed by atoms with Crippen LogP contribution >= 0.6 is 0 Å². The van der Waals surface area contributed by atoms with Gasteiger partial charge in [0.1, 0.15) is 18.7 Å². The van der Waals surface area contributed by atoms with Gasteiger partial charge in [-0.25, -0.2) is 24.6 Å². The maximum atomic E-state index is 13.4. The minimum atomic E-state index is -1.62. The molecule has 0 aromatic heterocycles. The van der Waals surface area contributed by atoms with Crippen LogP contribution in [0.15, 0.2) is 42.5 Å². The molecule has 4 N–H and O–H groups in total. The number of nitrogens with one attached hydrogen (secondary N) is 2. The van der Waals surface area contributed by atoms with Gasteiger partial charge in [-0.2, -0.15) is 0 Å². The van der Waals surface area contributed by atoms with E-state index in [-0.39, 0.29) is 31.5 Å². The third-order valence-electron chi connectivity index (χ3n) is 6.81. The number of aliphatic hydroxyl groups excluding tert-OH is 1. The number of carboxylic acids is 1. The molecule has 2 aromatic carbocycles. The summed E-state index contributed by atoms with van der Waals surface area (Å²) < 4.78 is 5.17. The number of ether oxygens (including phenoxy) is 1. The molecule has 42 heavy (non-hydrogen) atoms. The van der Waals surface area contributed by atoms with Crippen LogP contribution in [0.2, 0.25) is 0 Å². The molecule has 2 saturated heterocycles. The summed E-state index contributed by atoms with van der Waals surface area (Å²) in [6, 6.07) is 8.13. The van der Waals surface area contributed by atoms with Gasteiger partial charge in [0.05, 0.1) is 18.5 Å². The molecule has 0 bridgehead atoms. The van der Waals surface area contributed by atoms with Crippen molar-refractivity contribution in [3.05, 3.63) is 48.0 Å². The summed E-state index contributed by atoms with van der Waals surface area (Å²) >= 11 is 0. The number of ketones is 1. The summed E-state index contributed by atoms with van der Waals surface area (Å²) in [6.07, 6.45) is -0.632. The zero-order valence-electron chi connectivity index (χ0n) is 22.4. The molecular formula is C27H29N5O10. The molecule has 4 rings (SSSR count). The molecule has 222 valence electrons. The van der Waals surface area contributed by atoms with Crippen molar-refractivity contribution in [2.24, 2.45) is 0 Å². The molecule has 0 unspecified atom stereocenters. The Kier molecular flexibility index (Phi) is 9.32. The van der Waals surface area contributed by atoms with Gasteiger partial charge in [0.25, 0.3) is 5.91 Å². The molecule has 2 heterocycles. The first-order valence-corrected chi connectivity index (χ1v) is 13.1. The topological polar surface area (TPSA) is 203 Å². The highest BCUT2D eigenvalue weighted by atomic mass is 16.5. The highest BCUT2D eigenvalue weighted by Gasteiger charge is 2.44. The molecule has 2 aliphatic rings. The van der Waals surface area contributed by atoms with Gasteiger partial charge < -0.3 is 20.3 Å². The van der Waals surface area contributed by atoms with Gasteiger partial charge in [0.2, 0.25) is 11.8 Å². The van der Waals surface area contributed by atoms with E-state index < -0.39 is 73.2 Å². The Balaban J connectivity index is 1.48. The molecule has 0 spiro atoms. The van der Waals surface area contributed by atoms with Gasteiger partial charge in [0.15, 0.2) is 12.4 Å². The maximum absolute atomic E-state index is 13.4. The number of rotatable bonds is 10. The van der Waals surface area contributed by atoms with E-state index in [0.717, 1.165) is 20.4 Å². The minimum absolute atomic E-state index is 0.0627. The summed E-state index contributed by atoms with van der Waals surface area (Å²) in [6.45, 7) is -1.86. The third-order valence-corrected chi connectivity index (χ3v) is 6.81. The van der Waals surface area contributed by atoms with Crippen LogP contribution in [-0.4, -0.2) is 105 Å². The van der Waals surface area contributed by atoms with E-state index in [1.165, 1.54) is 6.07 Å². The van der Waals surface area contributed by atoms with Gasteiger partial charge in [0, 0.05) is 13.0 Å². The molecule has 15 heteroatoms. The van der Waals surface area contributed by atoms with E-state index >= 15 is 0 Å². The lowest BCUT2D eigenvalue weighted by molar-refractivity contribution is -0.155. The van der Waals surface area contributed by atoms with E-state index in [2.05, 4.69) is 10.7 Å². The molecule has 15 nitrogen and oxygen atoms in total. The fourth-order valence-electron chi connectivity index (χ4n) is 4.81. The zero-order valence-corrected chi connectivity index (χ0v) is 22.4. The van der Waals surface area contributed by atoms with Crippen molar-refractivity contribution in [2.75, 3.05) is 26.3 Å². The number of urea groups is 1. The highest BCUT2D eigenvalue weighted by Crippen LogP contribution is 2.24. The van der Waals surface area contributed by atoms with Crippen LogP contribution in [0, 0.1) is 0 Å². The smallest absolute Gasteiger partial charge is 0.358 e. The number of carboxylic acid groups (broad SMARTS) is 1. The van der Waals surface area contributed by atoms with Crippen molar-refractivity contribution in [2.45, 2.75) is 37.8 Å². The number of nitrogens with zero attached hydrogens (tertiary/aromatic N) is 3. The summed E-state index contributed by atoms with van der Waals surface area (Å²) in [7, 11) is 0. The van der Waals surface area contributed by atoms with Crippen molar-refractivity contribution in [3.8, 4) is 0 Å². The number of aliphatic hydroxyl groups is 1. The van der Waals surface area contributed by atoms with E-state index in [9.17, 15) is 38.7 Å². The first-order valence-electron chi connectivity index (χ1n) is 13.1. The number of benzene rings is 2. The predicted molar refractivity (Wildman–Crippen MR) is 142 cm³/mol. The molecule has 2 fully saturated rings. The Morgan fingerprint density at radius 1 is 1.02 bits per heavy atom. The van der Waals surface area contributed by atoms with Crippen LogP contribution in [0.3, 0.4) is 0 Å². The van der Waals surface area contributed by atoms with E-state index in [0.29, 0.717) is 11.8 Å². The van der Waals surface area contributed by atoms with Crippen molar-refractivity contribution in [1.82, 2.24) is 25.8 Å². The number of esters is 1. The molecule has 2 aromatic rings. The minimum Gasteiger partial charge on any atom is -0.481 e. The fourth-order valence-corrected chi connectivity index (χ4v) is 4.81. The molecule has 5 amide bonds. The van der Waals surface area contributed by atoms with Crippen molar-refractivity contribution >= 4 is 52.2 Å². The first-order chi connectivity index (χ1) is 20.1. The first kappa shape index (κ1) is 29.9. The molecular weight excluding hydrogens is 554 g/mol. The average Bonchev–Trinajstić information content (AvgIpc) is 3.10. The lowest BCUT2D eigenvalue weighted by atomic mass is 10.0. The monoisotopic (exact) mass is 583 g/mol. The Morgan fingerprint density at radius 2 is 1.76 bits per heavy atom. The van der Waals surface area contributed by atoms with E-state index in [1.807, 2.05) is 0 Å². The largest absolute Gasteiger partial charge is 0.481 e. The number of fused-ring (bicyclic) bond motifs is 2. The SMILES string of the molecule is O=C(O)C[C@H](NC(=O)[C@@H]1CCCN2C(=O)CCN(NC(=O)CO)C(=O)N12)C(=O)COC(=O)c1cccc2ccccc12.